The highest BCUT2D eigenvalue weighted by Crippen LogP contribution is 2.67. The van der Waals surface area contributed by atoms with E-state index in [4.69, 9.17) is 13.9 Å². The van der Waals surface area contributed by atoms with Crippen LogP contribution in [0.4, 0.5) is 17.1 Å². The van der Waals surface area contributed by atoms with Crippen LogP contribution in [0, 0.1) is 12.1 Å². The van der Waals surface area contributed by atoms with Gasteiger partial charge in [0.2, 0.25) is 0 Å². The van der Waals surface area contributed by atoms with Crippen molar-refractivity contribution < 1.29 is 13.9 Å². The number of hydrogen-bond donors (Lipinski definition) is 0. The van der Waals surface area contributed by atoms with Gasteiger partial charge in [-0.2, -0.15) is 0 Å². The maximum atomic E-state index is 7.18. The second kappa shape index (κ2) is 13.7. The van der Waals surface area contributed by atoms with Crippen LogP contribution in [0.25, 0.3) is 60.9 Å². The summed E-state index contributed by atoms with van der Waals surface area (Å²) in [5.41, 5.74) is 18.7. The lowest BCUT2D eigenvalue weighted by atomic mass is 9.68. The number of rotatable bonds is 5. The van der Waals surface area contributed by atoms with Crippen LogP contribution in [0.1, 0.15) is 35.1 Å². The largest absolute Gasteiger partial charge is 0.456 e. The fourth-order valence-corrected chi connectivity index (χ4v) is 11.2. The number of benzene rings is 8. The standard InChI is InChI=1S/C61H37NO3/c1-2-13-38(14-3-1)39-25-30-42(31-26-39)62(43-32-27-40(28-33-43)41-29-35-55-48(37-41)46-17-7-11-23-54(46)63-55)53-22-12-24-56-59(53)64-57-36-34-52-58(60(57)65-56)47-18-6-10-21-51(47)61(52)49-19-8-4-15-44(49)45-16-5-9-20-50(45)61/h1-4,6-7,10-18,20-37H,8,19H2. The van der Waals surface area contributed by atoms with Crippen molar-refractivity contribution in [3.8, 4) is 56.4 Å². The molecule has 2 heterocycles. The zero-order valence-corrected chi connectivity index (χ0v) is 35.1. The van der Waals surface area contributed by atoms with Gasteiger partial charge in [0.25, 0.3) is 0 Å². The van der Waals surface area contributed by atoms with Crippen molar-refractivity contribution in [2.45, 2.75) is 18.3 Å². The summed E-state index contributed by atoms with van der Waals surface area (Å²) < 4.78 is 20.5. The van der Waals surface area contributed by atoms with Crippen molar-refractivity contribution >= 4 is 44.6 Å². The van der Waals surface area contributed by atoms with Crippen LogP contribution in [0.5, 0.6) is 23.0 Å². The number of fused-ring (bicyclic) bond motifs is 15. The Kier molecular flexibility index (Phi) is 7.61. The molecule has 0 amide bonds. The van der Waals surface area contributed by atoms with Gasteiger partial charge in [0.1, 0.15) is 11.2 Å². The smallest absolute Gasteiger partial charge is 0.194 e. The minimum atomic E-state index is -0.444. The predicted molar refractivity (Wildman–Crippen MR) is 261 cm³/mol. The van der Waals surface area contributed by atoms with E-state index in [2.05, 4.69) is 199 Å². The summed E-state index contributed by atoms with van der Waals surface area (Å²) in [4.78, 5) is 2.27. The minimum Gasteiger partial charge on any atom is -0.456 e. The van der Waals surface area contributed by atoms with Gasteiger partial charge in [0.05, 0.1) is 11.1 Å². The lowest BCUT2D eigenvalue weighted by Crippen LogP contribution is -2.27. The monoisotopic (exact) mass is 831 g/mol. The molecule has 1 aliphatic heterocycles. The van der Waals surface area contributed by atoms with Gasteiger partial charge in [0, 0.05) is 27.7 Å². The zero-order valence-electron chi connectivity index (χ0n) is 35.1. The first kappa shape index (κ1) is 36.0. The molecule has 9 aromatic carbocycles. The predicted octanol–water partition coefficient (Wildman–Crippen LogP) is 16.3. The van der Waals surface area contributed by atoms with Crippen LogP contribution in [0.3, 0.4) is 0 Å². The second-order valence-corrected chi connectivity index (χ2v) is 17.3. The van der Waals surface area contributed by atoms with Crippen molar-refractivity contribution in [2.24, 2.45) is 0 Å². The van der Waals surface area contributed by atoms with E-state index < -0.39 is 5.41 Å². The molecule has 4 nitrogen and oxygen atoms in total. The number of anilines is 3. The summed E-state index contributed by atoms with van der Waals surface area (Å²) >= 11 is 0. The number of hydrogen-bond acceptors (Lipinski definition) is 4. The molecule has 4 heteroatoms. The van der Waals surface area contributed by atoms with E-state index in [1.165, 1.54) is 44.5 Å². The van der Waals surface area contributed by atoms with E-state index in [0.29, 0.717) is 17.2 Å². The van der Waals surface area contributed by atoms with E-state index in [1.807, 2.05) is 18.2 Å². The Morgan fingerprint density at radius 2 is 1.18 bits per heavy atom. The third kappa shape index (κ3) is 5.15. The molecular weight excluding hydrogens is 795 g/mol. The Morgan fingerprint density at radius 1 is 0.492 bits per heavy atom. The lowest BCUT2D eigenvalue weighted by Gasteiger charge is -2.34. The Hall–Kier alpha value is -8.52. The fourth-order valence-electron chi connectivity index (χ4n) is 11.2. The molecule has 0 bridgehead atoms. The van der Waals surface area contributed by atoms with Crippen LogP contribution in [-0.2, 0) is 5.41 Å². The fraction of sp³-hybridized carbons (Fsp3) is 0.0492. The SMILES string of the molecule is c1cc2c(cc#1)C1(C3=C2C=CCC3)c2ccccc2-c2c1ccc1c2Oc2cccc(N(c3ccc(-c4ccccc4)cc3)c3ccc(-c4ccc5oc6ccccc6c5c4)cc3)c2O1. The first-order valence-corrected chi connectivity index (χ1v) is 22.3. The van der Waals surface area contributed by atoms with Crippen molar-refractivity contribution in [2.75, 3.05) is 4.90 Å². The van der Waals surface area contributed by atoms with E-state index in [-0.39, 0.29) is 0 Å². The van der Waals surface area contributed by atoms with E-state index in [0.717, 1.165) is 79.8 Å². The molecule has 0 saturated carbocycles. The first-order valence-electron chi connectivity index (χ1n) is 22.3. The number of ether oxygens (including phenoxy) is 2. The number of nitrogens with zero attached hydrogens (tertiary/aromatic N) is 1. The normalized spacial score (nSPS) is 15.9. The van der Waals surface area contributed by atoms with Crippen LogP contribution in [-0.4, -0.2) is 0 Å². The van der Waals surface area contributed by atoms with Crippen LogP contribution >= 0.6 is 0 Å². The van der Waals surface area contributed by atoms with Gasteiger partial charge in [-0.15, -0.1) is 0 Å². The Balaban J connectivity index is 0.895. The lowest BCUT2D eigenvalue weighted by molar-refractivity contribution is 0.361. The highest BCUT2D eigenvalue weighted by atomic mass is 16.6. The van der Waals surface area contributed by atoms with Crippen LogP contribution in [0.2, 0.25) is 0 Å². The number of para-hydroxylation sites is 2. The molecule has 0 saturated heterocycles. The third-order valence-electron chi connectivity index (χ3n) is 13.9. The van der Waals surface area contributed by atoms with Gasteiger partial charge in [-0.1, -0.05) is 140 Å². The number of furan rings is 1. The molecule has 14 rings (SSSR count). The highest BCUT2D eigenvalue weighted by molar-refractivity contribution is 6.06. The highest BCUT2D eigenvalue weighted by Gasteiger charge is 2.54. The van der Waals surface area contributed by atoms with Gasteiger partial charge < -0.3 is 18.8 Å². The minimum absolute atomic E-state index is 0.444. The molecular formula is C61H37NO3. The first-order chi connectivity index (χ1) is 32.2. The van der Waals surface area contributed by atoms with Gasteiger partial charge in [-0.25, -0.2) is 0 Å². The Morgan fingerprint density at radius 3 is 2.05 bits per heavy atom. The van der Waals surface area contributed by atoms with E-state index >= 15 is 0 Å². The van der Waals surface area contributed by atoms with Gasteiger partial charge in [-0.3, -0.25) is 0 Å². The molecule has 0 fully saturated rings. The summed E-state index contributed by atoms with van der Waals surface area (Å²) in [6, 6.07) is 73.0. The summed E-state index contributed by atoms with van der Waals surface area (Å²) in [6.45, 7) is 0. The maximum absolute atomic E-state index is 7.18. The molecule has 1 unspecified atom stereocenters. The molecule has 0 N–H and O–H groups in total. The van der Waals surface area contributed by atoms with E-state index in [1.54, 1.807) is 0 Å². The molecule has 1 spiro atoms. The zero-order chi connectivity index (χ0) is 42.6. The molecule has 1 aromatic heterocycles. The second-order valence-electron chi connectivity index (χ2n) is 17.3. The van der Waals surface area contributed by atoms with Gasteiger partial charge in [0.15, 0.2) is 23.0 Å². The van der Waals surface area contributed by atoms with Gasteiger partial charge >= 0.3 is 0 Å². The van der Waals surface area contributed by atoms with Crippen molar-refractivity contribution in [1.29, 1.82) is 0 Å². The average molecular weight is 832 g/mol. The molecule has 65 heavy (non-hydrogen) atoms. The number of allylic oxidation sites excluding steroid dienone is 4. The molecule has 0 radical (unpaired) electrons. The quantitative estimate of drug-likeness (QED) is 0.173. The Labute approximate surface area is 376 Å². The molecule has 10 aromatic rings. The average Bonchev–Trinajstić information content (AvgIpc) is 4.01. The molecule has 3 aliphatic carbocycles. The van der Waals surface area contributed by atoms with Crippen LogP contribution in [0.15, 0.2) is 210 Å². The van der Waals surface area contributed by atoms with Crippen LogP contribution < -0.4 is 14.4 Å². The van der Waals surface area contributed by atoms with Crippen molar-refractivity contribution in [1.82, 2.24) is 0 Å². The summed E-state index contributed by atoms with van der Waals surface area (Å²) in [5, 5.41) is 2.23. The van der Waals surface area contributed by atoms with Crippen molar-refractivity contribution in [3.63, 3.8) is 0 Å². The third-order valence-corrected chi connectivity index (χ3v) is 13.9. The van der Waals surface area contributed by atoms with E-state index in [9.17, 15) is 0 Å². The molecule has 304 valence electrons. The van der Waals surface area contributed by atoms with Crippen molar-refractivity contribution in [3.05, 3.63) is 240 Å². The Bertz CT molecular complexity index is 3650. The summed E-state index contributed by atoms with van der Waals surface area (Å²) in [5.74, 6) is 2.76. The topological polar surface area (TPSA) is 34.8 Å². The summed E-state index contributed by atoms with van der Waals surface area (Å²) in [6.07, 6.45) is 6.60. The summed E-state index contributed by atoms with van der Waals surface area (Å²) in [7, 11) is 0. The molecule has 4 aliphatic rings. The molecule has 1 atom stereocenters. The van der Waals surface area contributed by atoms with Gasteiger partial charge in [-0.05, 0) is 147 Å². The maximum Gasteiger partial charge on any atom is 0.194 e.